The molecule has 30 heavy (non-hydrogen) atoms. The van der Waals surface area contributed by atoms with E-state index in [1.807, 2.05) is 30.3 Å². The van der Waals surface area contributed by atoms with E-state index in [2.05, 4.69) is 0 Å². The second-order valence-electron chi connectivity index (χ2n) is 6.15. The number of para-hydroxylation sites is 1. The molecule has 0 saturated carbocycles. The van der Waals surface area contributed by atoms with Crippen LogP contribution in [0.15, 0.2) is 53.4 Å². The van der Waals surface area contributed by atoms with Crippen LogP contribution in [0.3, 0.4) is 0 Å². The van der Waals surface area contributed by atoms with Gasteiger partial charge in [-0.05, 0) is 47.7 Å². The molecule has 156 valence electrons. The number of ether oxygens (including phenoxy) is 3. The van der Waals surface area contributed by atoms with Gasteiger partial charge in [-0.1, -0.05) is 24.3 Å². The van der Waals surface area contributed by atoms with E-state index in [1.165, 1.54) is 7.11 Å². The summed E-state index contributed by atoms with van der Waals surface area (Å²) in [5, 5.41) is -0.532. The number of amides is 3. The predicted octanol–water partition coefficient (Wildman–Crippen LogP) is 2.67. The standard InChI is InChI=1S/C21H20N2O6S/c1-27-17-11-14(12-18-20(25)23(13-19(22)24)21(26)30-18)7-8-16(17)29-10-9-28-15-5-3-2-4-6-15/h2-8,11-12H,9-10,13H2,1H3,(H2,22,24)/b18-12-. The molecule has 3 rings (SSSR count). The quantitative estimate of drug-likeness (QED) is 0.483. The van der Waals surface area contributed by atoms with Gasteiger partial charge in [0.1, 0.15) is 25.5 Å². The Bertz CT molecular complexity index is 977. The monoisotopic (exact) mass is 428 g/mol. The van der Waals surface area contributed by atoms with Gasteiger partial charge >= 0.3 is 0 Å². The number of hydrogen-bond donors (Lipinski definition) is 1. The normalized spacial score (nSPS) is 14.8. The van der Waals surface area contributed by atoms with Crippen molar-refractivity contribution in [3.05, 3.63) is 59.0 Å². The Hall–Kier alpha value is -3.46. The molecule has 2 aromatic rings. The third kappa shape index (κ3) is 5.32. The minimum absolute atomic E-state index is 0.202. The van der Waals surface area contributed by atoms with Crippen LogP contribution in [0.4, 0.5) is 4.79 Å². The smallest absolute Gasteiger partial charge is 0.294 e. The molecule has 2 N–H and O–H groups in total. The van der Waals surface area contributed by atoms with Crippen molar-refractivity contribution in [3.8, 4) is 17.2 Å². The Morgan fingerprint density at radius 3 is 2.50 bits per heavy atom. The molecule has 2 aromatic carbocycles. The first kappa shape index (κ1) is 21.3. The maximum absolute atomic E-state index is 12.3. The second-order valence-corrected chi connectivity index (χ2v) is 7.15. The minimum Gasteiger partial charge on any atom is -0.493 e. The fourth-order valence-corrected chi connectivity index (χ4v) is 3.50. The first-order chi connectivity index (χ1) is 14.5. The number of hydrogen-bond acceptors (Lipinski definition) is 7. The van der Waals surface area contributed by atoms with Gasteiger partial charge in [0.25, 0.3) is 11.1 Å². The number of carbonyl (C=O) groups excluding carboxylic acids is 3. The fourth-order valence-electron chi connectivity index (χ4n) is 2.66. The van der Waals surface area contributed by atoms with E-state index in [-0.39, 0.29) is 4.91 Å². The maximum Gasteiger partial charge on any atom is 0.294 e. The Morgan fingerprint density at radius 2 is 1.80 bits per heavy atom. The molecule has 1 aliphatic rings. The Balaban J connectivity index is 1.64. The number of nitrogens with zero attached hydrogens (tertiary/aromatic N) is 1. The van der Waals surface area contributed by atoms with Crippen LogP contribution in [0.1, 0.15) is 5.56 Å². The molecule has 9 heteroatoms. The summed E-state index contributed by atoms with van der Waals surface area (Å²) in [7, 11) is 1.51. The van der Waals surface area contributed by atoms with E-state index in [0.29, 0.717) is 30.3 Å². The van der Waals surface area contributed by atoms with Crippen LogP contribution < -0.4 is 19.9 Å². The van der Waals surface area contributed by atoms with Crippen LogP contribution in [0, 0.1) is 0 Å². The van der Waals surface area contributed by atoms with Crippen molar-refractivity contribution in [1.29, 1.82) is 0 Å². The molecule has 0 unspecified atom stereocenters. The van der Waals surface area contributed by atoms with Crippen molar-refractivity contribution < 1.29 is 28.6 Å². The van der Waals surface area contributed by atoms with Crippen molar-refractivity contribution in [2.45, 2.75) is 0 Å². The van der Waals surface area contributed by atoms with Gasteiger partial charge in [-0.3, -0.25) is 19.3 Å². The summed E-state index contributed by atoms with van der Waals surface area (Å²) in [4.78, 5) is 36.3. The average molecular weight is 428 g/mol. The highest BCUT2D eigenvalue weighted by Crippen LogP contribution is 2.34. The van der Waals surface area contributed by atoms with Crippen LogP contribution in [-0.4, -0.2) is 48.8 Å². The molecule has 0 aromatic heterocycles. The molecular weight excluding hydrogens is 408 g/mol. The Kier molecular flexibility index (Phi) is 6.97. The SMILES string of the molecule is COc1cc(/C=C2\SC(=O)N(CC(N)=O)C2=O)ccc1OCCOc1ccccc1. The summed E-state index contributed by atoms with van der Waals surface area (Å²) >= 11 is 0.753. The number of carbonyl (C=O) groups is 3. The highest BCUT2D eigenvalue weighted by atomic mass is 32.2. The zero-order valence-electron chi connectivity index (χ0n) is 16.2. The molecule has 0 bridgehead atoms. The zero-order chi connectivity index (χ0) is 21.5. The van der Waals surface area contributed by atoms with Gasteiger partial charge in [0.05, 0.1) is 12.0 Å². The summed E-state index contributed by atoms with van der Waals surface area (Å²) < 4.78 is 16.7. The minimum atomic E-state index is -0.752. The van der Waals surface area contributed by atoms with Gasteiger partial charge in [0.2, 0.25) is 5.91 Å². The van der Waals surface area contributed by atoms with Crippen molar-refractivity contribution in [2.75, 3.05) is 26.9 Å². The number of primary amides is 1. The molecule has 1 aliphatic heterocycles. The zero-order valence-corrected chi connectivity index (χ0v) is 17.0. The van der Waals surface area contributed by atoms with Gasteiger partial charge in [0.15, 0.2) is 11.5 Å². The van der Waals surface area contributed by atoms with Gasteiger partial charge in [-0.2, -0.15) is 0 Å². The summed E-state index contributed by atoms with van der Waals surface area (Å²) in [5.74, 6) is 0.445. The van der Waals surface area contributed by atoms with Gasteiger partial charge in [-0.15, -0.1) is 0 Å². The lowest BCUT2D eigenvalue weighted by Gasteiger charge is -2.12. The third-order valence-electron chi connectivity index (χ3n) is 4.03. The van der Waals surface area contributed by atoms with E-state index in [4.69, 9.17) is 19.9 Å². The van der Waals surface area contributed by atoms with Crippen LogP contribution in [0.2, 0.25) is 0 Å². The van der Waals surface area contributed by atoms with E-state index < -0.39 is 23.6 Å². The molecule has 0 radical (unpaired) electrons. The molecule has 8 nitrogen and oxygen atoms in total. The molecule has 1 saturated heterocycles. The van der Waals surface area contributed by atoms with E-state index in [1.54, 1.807) is 24.3 Å². The third-order valence-corrected chi connectivity index (χ3v) is 4.93. The number of nitrogens with two attached hydrogens (primary N) is 1. The number of rotatable bonds is 9. The number of imide groups is 1. The van der Waals surface area contributed by atoms with Gasteiger partial charge < -0.3 is 19.9 Å². The molecule has 3 amide bonds. The van der Waals surface area contributed by atoms with Crippen LogP contribution >= 0.6 is 11.8 Å². The summed E-state index contributed by atoms with van der Waals surface area (Å²) in [6.07, 6.45) is 1.55. The van der Waals surface area contributed by atoms with E-state index >= 15 is 0 Å². The number of methoxy groups -OCH3 is 1. The molecule has 0 atom stereocenters. The fraction of sp³-hybridized carbons (Fsp3) is 0.190. The van der Waals surface area contributed by atoms with Gasteiger partial charge in [0, 0.05) is 0 Å². The predicted molar refractivity (Wildman–Crippen MR) is 112 cm³/mol. The molecule has 1 fully saturated rings. The van der Waals surface area contributed by atoms with Crippen molar-refractivity contribution >= 4 is 34.9 Å². The maximum atomic E-state index is 12.3. The molecule has 0 aliphatic carbocycles. The van der Waals surface area contributed by atoms with Crippen LogP contribution in [0.25, 0.3) is 6.08 Å². The summed E-state index contributed by atoms with van der Waals surface area (Å²) in [5.41, 5.74) is 5.72. The second kappa shape index (κ2) is 9.84. The Morgan fingerprint density at radius 1 is 1.07 bits per heavy atom. The summed E-state index contributed by atoms with van der Waals surface area (Å²) in [6.45, 7) is 0.238. The molecular formula is C21H20N2O6S. The lowest BCUT2D eigenvalue weighted by molar-refractivity contribution is -0.127. The topological polar surface area (TPSA) is 108 Å². The highest BCUT2D eigenvalue weighted by molar-refractivity contribution is 8.18. The first-order valence-corrected chi connectivity index (χ1v) is 9.82. The average Bonchev–Trinajstić information content (AvgIpc) is 2.99. The van der Waals surface area contributed by atoms with Crippen molar-refractivity contribution in [3.63, 3.8) is 0 Å². The van der Waals surface area contributed by atoms with E-state index in [0.717, 1.165) is 22.4 Å². The molecule has 1 heterocycles. The lowest BCUT2D eigenvalue weighted by Crippen LogP contribution is -2.36. The van der Waals surface area contributed by atoms with E-state index in [9.17, 15) is 14.4 Å². The van der Waals surface area contributed by atoms with Crippen LogP contribution in [0.5, 0.6) is 17.2 Å². The number of thioether (sulfide) groups is 1. The first-order valence-electron chi connectivity index (χ1n) is 9.00. The van der Waals surface area contributed by atoms with Crippen LogP contribution in [-0.2, 0) is 9.59 Å². The highest BCUT2D eigenvalue weighted by Gasteiger charge is 2.35. The van der Waals surface area contributed by atoms with Crippen molar-refractivity contribution in [2.24, 2.45) is 5.73 Å². The largest absolute Gasteiger partial charge is 0.493 e. The van der Waals surface area contributed by atoms with Gasteiger partial charge in [-0.25, -0.2) is 0 Å². The number of benzene rings is 2. The lowest BCUT2D eigenvalue weighted by atomic mass is 10.2. The Labute approximate surface area is 177 Å². The summed E-state index contributed by atoms with van der Waals surface area (Å²) in [6, 6.07) is 14.5. The van der Waals surface area contributed by atoms with Crippen molar-refractivity contribution in [1.82, 2.24) is 4.90 Å². The molecule has 0 spiro atoms.